The molecule has 1 aliphatic rings. The molecule has 1 fully saturated rings. The number of fused-ring (bicyclic) bond motifs is 1. The monoisotopic (exact) mass is 379 g/mol. The average Bonchev–Trinajstić information content (AvgIpc) is 3.02. The van der Waals surface area contributed by atoms with Gasteiger partial charge in [-0.2, -0.15) is 0 Å². The second kappa shape index (κ2) is 6.41. The van der Waals surface area contributed by atoms with Gasteiger partial charge in [0.05, 0.1) is 17.1 Å². The Bertz CT molecular complexity index is 825. The summed E-state index contributed by atoms with van der Waals surface area (Å²) in [5.74, 6) is -0.763. The first-order valence-electron chi connectivity index (χ1n) is 7.67. The number of carboxylic acid groups (broad SMARTS) is 1. The van der Waals surface area contributed by atoms with E-state index in [9.17, 15) is 14.7 Å². The maximum Gasteiger partial charge on any atom is 0.341 e. The molecule has 1 unspecified atom stereocenters. The molecular weight excluding hydrogens is 362 g/mol. The topological polar surface area (TPSA) is 84.2 Å². The number of hydrogen-bond acceptors (Lipinski definition) is 4. The van der Waals surface area contributed by atoms with Gasteiger partial charge in [-0.25, -0.2) is 9.78 Å². The summed E-state index contributed by atoms with van der Waals surface area (Å²) in [6, 6.07) is 0. The number of rotatable bonds is 4. The van der Waals surface area contributed by atoms with Gasteiger partial charge in [0.15, 0.2) is 0 Å². The molecule has 0 saturated carbocycles. The van der Waals surface area contributed by atoms with Crippen LogP contribution >= 0.6 is 15.9 Å². The van der Waals surface area contributed by atoms with E-state index in [2.05, 4.69) is 26.2 Å². The Morgan fingerprint density at radius 1 is 1.57 bits per heavy atom. The highest BCUT2D eigenvalue weighted by Gasteiger charge is 2.21. The van der Waals surface area contributed by atoms with Gasteiger partial charge in [0, 0.05) is 12.7 Å². The summed E-state index contributed by atoms with van der Waals surface area (Å²) in [7, 11) is 0. The Morgan fingerprint density at radius 2 is 2.35 bits per heavy atom. The van der Waals surface area contributed by atoms with Crippen LogP contribution in [-0.2, 0) is 13.0 Å². The molecule has 1 atom stereocenters. The molecule has 2 aromatic rings. The summed E-state index contributed by atoms with van der Waals surface area (Å²) < 4.78 is 2.47. The SMILES string of the molecule is CCc1c(Br)ncc2c1c(=O)c(C(=O)O)cn2CC1CCNC1. The molecule has 0 radical (unpaired) electrons. The quantitative estimate of drug-likeness (QED) is 0.793. The number of nitrogens with zero attached hydrogens (tertiary/aromatic N) is 2. The van der Waals surface area contributed by atoms with E-state index < -0.39 is 11.4 Å². The zero-order valence-electron chi connectivity index (χ0n) is 12.8. The van der Waals surface area contributed by atoms with E-state index in [1.54, 1.807) is 6.20 Å². The van der Waals surface area contributed by atoms with Gasteiger partial charge in [0.25, 0.3) is 0 Å². The molecule has 122 valence electrons. The lowest BCUT2D eigenvalue weighted by Gasteiger charge is -2.17. The standard InChI is InChI=1S/C16H18BrN3O3/c1-2-10-13-12(6-19-15(10)17)20(7-9-3-4-18-5-9)8-11(14(13)21)16(22)23/h6,8-9,18H,2-5,7H2,1H3,(H,22,23). The Morgan fingerprint density at radius 3 is 2.96 bits per heavy atom. The highest BCUT2D eigenvalue weighted by molar-refractivity contribution is 9.10. The predicted molar refractivity (Wildman–Crippen MR) is 91.0 cm³/mol. The molecule has 23 heavy (non-hydrogen) atoms. The highest BCUT2D eigenvalue weighted by atomic mass is 79.9. The first-order valence-corrected chi connectivity index (χ1v) is 8.46. The molecule has 3 rings (SSSR count). The number of carboxylic acids is 1. The van der Waals surface area contributed by atoms with Crippen molar-refractivity contribution in [3.63, 3.8) is 0 Å². The normalized spacial score (nSPS) is 17.7. The van der Waals surface area contributed by atoms with Crippen LogP contribution in [0.3, 0.4) is 0 Å². The fourth-order valence-electron chi connectivity index (χ4n) is 3.18. The van der Waals surface area contributed by atoms with Crippen molar-refractivity contribution in [2.24, 2.45) is 5.92 Å². The van der Waals surface area contributed by atoms with Gasteiger partial charge in [-0.3, -0.25) is 4.79 Å². The van der Waals surface area contributed by atoms with Crippen LogP contribution in [0, 0.1) is 5.92 Å². The van der Waals surface area contributed by atoms with Crippen molar-refractivity contribution >= 4 is 32.8 Å². The first kappa shape index (κ1) is 16.1. The van der Waals surface area contributed by atoms with E-state index in [0.29, 0.717) is 34.4 Å². The van der Waals surface area contributed by atoms with Crippen molar-refractivity contribution in [3.8, 4) is 0 Å². The Hall–Kier alpha value is -1.73. The second-order valence-corrected chi connectivity index (χ2v) is 6.58. The van der Waals surface area contributed by atoms with Crippen LogP contribution in [0.5, 0.6) is 0 Å². The van der Waals surface area contributed by atoms with Crippen LogP contribution in [0.15, 0.2) is 21.8 Å². The van der Waals surface area contributed by atoms with E-state index in [4.69, 9.17) is 0 Å². The first-order chi connectivity index (χ1) is 11.0. The van der Waals surface area contributed by atoms with Crippen molar-refractivity contribution in [2.45, 2.75) is 26.3 Å². The Labute approximate surface area is 141 Å². The summed E-state index contributed by atoms with van der Waals surface area (Å²) in [6.45, 7) is 4.48. The van der Waals surface area contributed by atoms with Crippen LogP contribution in [0.2, 0.25) is 0 Å². The Kier molecular flexibility index (Phi) is 4.50. The number of hydrogen-bond donors (Lipinski definition) is 2. The lowest BCUT2D eigenvalue weighted by Crippen LogP contribution is -2.23. The van der Waals surface area contributed by atoms with Gasteiger partial charge in [-0.05, 0) is 53.3 Å². The summed E-state index contributed by atoms with van der Waals surface area (Å²) >= 11 is 3.37. The molecule has 3 heterocycles. The summed E-state index contributed by atoms with van der Waals surface area (Å²) in [5, 5.41) is 13.2. The number of aromatic nitrogens is 2. The van der Waals surface area contributed by atoms with Crippen molar-refractivity contribution < 1.29 is 9.90 Å². The highest BCUT2D eigenvalue weighted by Crippen LogP contribution is 2.24. The van der Waals surface area contributed by atoms with E-state index >= 15 is 0 Å². The smallest absolute Gasteiger partial charge is 0.341 e. The molecule has 0 aromatic carbocycles. The van der Waals surface area contributed by atoms with Crippen LogP contribution in [0.4, 0.5) is 0 Å². The van der Waals surface area contributed by atoms with Crippen molar-refractivity contribution in [2.75, 3.05) is 13.1 Å². The molecule has 0 amide bonds. The number of aryl methyl sites for hydroxylation is 1. The average molecular weight is 380 g/mol. The lowest BCUT2D eigenvalue weighted by atomic mass is 10.0. The molecule has 6 nitrogen and oxygen atoms in total. The second-order valence-electron chi connectivity index (χ2n) is 5.83. The molecule has 1 aliphatic heterocycles. The van der Waals surface area contributed by atoms with Crippen molar-refractivity contribution in [3.05, 3.63) is 38.3 Å². The van der Waals surface area contributed by atoms with Gasteiger partial charge in [0.1, 0.15) is 10.2 Å². The van der Waals surface area contributed by atoms with E-state index in [-0.39, 0.29) is 5.56 Å². The molecule has 2 aromatic heterocycles. The third-order valence-corrected chi connectivity index (χ3v) is 5.06. The molecule has 2 N–H and O–H groups in total. The van der Waals surface area contributed by atoms with Crippen molar-refractivity contribution in [1.82, 2.24) is 14.9 Å². The molecule has 0 bridgehead atoms. The van der Waals surface area contributed by atoms with Crippen LogP contribution < -0.4 is 10.7 Å². The maximum absolute atomic E-state index is 12.6. The van der Waals surface area contributed by atoms with E-state index in [0.717, 1.165) is 25.1 Å². The minimum Gasteiger partial charge on any atom is -0.477 e. The predicted octanol–water partition coefficient (Wildman–Crippen LogP) is 2.03. The largest absolute Gasteiger partial charge is 0.477 e. The van der Waals surface area contributed by atoms with Crippen LogP contribution in [-0.4, -0.2) is 33.7 Å². The van der Waals surface area contributed by atoms with Gasteiger partial charge in [-0.15, -0.1) is 0 Å². The zero-order valence-corrected chi connectivity index (χ0v) is 14.4. The minimum atomic E-state index is -1.19. The third kappa shape index (κ3) is 2.90. The number of pyridine rings is 2. The molecule has 7 heteroatoms. The summed E-state index contributed by atoms with van der Waals surface area (Å²) in [4.78, 5) is 28.4. The van der Waals surface area contributed by atoms with Gasteiger partial charge in [0.2, 0.25) is 5.43 Å². The fourth-order valence-corrected chi connectivity index (χ4v) is 3.76. The number of nitrogens with one attached hydrogen (secondary N) is 1. The molecule has 0 aliphatic carbocycles. The Balaban J connectivity index is 2.28. The summed E-state index contributed by atoms with van der Waals surface area (Å²) in [5.41, 5.74) is 0.838. The van der Waals surface area contributed by atoms with Crippen molar-refractivity contribution in [1.29, 1.82) is 0 Å². The molecule has 0 spiro atoms. The van der Waals surface area contributed by atoms with E-state index in [1.165, 1.54) is 6.20 Å². The number of aromatic carboxylic acids is 1. The zero-order chi connectivity index (χ0) is 16.6. The fraction of sp³-hybridized carbons (Fsp3) is 0.438. The lowest BCUT2D eigenvalue weighted by molar-refractivity contribution is 0.0694. The van der Waals surface area contributed by atoms with Crippen LogP contribution in [0.25, 0.3) is 10.9 Å². The number of carbonyl (C=O) groups is 1. The van der Waals surface area contributed by atoms with Gasteiger partial charge in [-0.1, -0.05) is 6.92 Å². The third-order valence-electron chi connectivity index (χ3n) is 4.37. The van der Waals surface area contributed by atoms with E-state index in [1.807, 2.05) is 11.5 Å². The minimum absolute atomic E-state index is 0.184. The van der Waals surface area contributed by atoms with Gasteiger partial charge < -0.3 is 15.0 Å². The summed E-state index contributed by atoms with van der Waals surface area (Å²) in [6.07, 6.45) is 4.75. The molecular formula is C16H18BrN3O3. The van der Waals surface area contributed by atoms with Crippen LogP contribution in [0.1, 0.15) is 29.3 Å². The molecule has 1 saturated heterocycles. The maximum atomic E-state index is 12.6. The number of halogens is 1. The van der Waals surface area contributed by atoms with Gasteiger partial charge >= 0.3 is 5.97 Å².